The van der Waals surface area contributed by atoms with Crippen LogP contribution in [0.25, 0.3) is 0 Å². The molecule has 0 aliphatic heterocycles. The number of amides is 1. The van der Waals surface area contributed by atoms with Crippen molar-refractivity contribution >= 4 is 51.3 Å². The molecule has 0 saturated carbocycles. The molecule has 1 amide bonds. The van der Waals surface area contributed by atoms with E-state index in [2.05, 4.69) is 6.58 Å². The van der Waals surface area contributed by atoms with Crippen molar-refractivity contribution in [1.29, 1.82) is 0 Å². The minimum Gasteiger partial charge on any atom is -0.477 e. The standard InChI is InChI=1S/C11H18Cl2NO4PS/c1-3-5-6-14(8-10(15)16,9-19(12,13)18)11(17)20-7-4-2/h4H,2-3,5-9H2,1H3/p+1. The van der Waals surface area contributed by atoms with Crippen molar-refractivity contribution in [1.82, 2.24) is 0 Å². The molecule has 20 heavy (non-hydrogen) atoms. The average Bonchev–Trinajstić information content (AvgIpc) is 2.30. The minimum absolute atomic E-state index is 0.245. The van der Waals surface area contributed by atoms with Gasteiger partial charge in [-0.05, 0) is 40.7 Å². The van der Waals surface area contributed by atoms with E-state index in [0.29, 0.717) is 12.2 Å². The lowest BCUT2D eigenvalue weighted by atomic mass is 10.3. The van der Waals surface area contributed by atoms with E-state index in [4.69, 9.17) is 27.6 Å². The number of rotatable bonds is 9. The number of hydrogen-bond donors (Lipinski definition) is 1. The van der Waals surface area contributed by atoms with Crippen molar-refractivity contribution in [2.75, 3.05) is 25.1 Å². The molecule has 1 N–H and O–H groups in total. The van der Waals surface area contributed by atoms with Gasteiger partial charge in [0.2, 0.25) is 0 Å². The van der Waals surface area contributed by atoms with Gasteiger partial charge in [0.05, 0.1) is 6.54 Å². The molecule has 0 rings (SSSR count). The summed E-state index contributed by atoms with van der Waals surface area (Å²) in [7, 11) is 0. The second-order valence-electron chi connectivity index (χ2n) is 4.35. The Morgan fingerprint density at radius 3 is 2.45 bits per heavy atom. The molecule has 1 atom stereocenters. The van der Waals surface area contributed by atoms with E-state index in [0.717, 1.165) is 18.2 Å². The van der Waals surface area contributed by atoms with Crippen LogP contribution in [0.1, 0.15) is 19.8 Å². The largest absolute Gasteiger partial charge is 0.477 e. The van der Waals surface area contributed by atoms with Gasteiger partial charge in [-0.1, -0.05) is 19.4 Å². The third-order valence-corrected chi connectivity index (χ3v) is 5.07. The monoisotopic (exact) mass is 362 g/mol. The van der Waals surface area contributed by atoms with Gasteiger partial charge < -0.3 is 5.11 Å². The molecule has 9 heteroatoms. The number of nitrogens with zero attached hydrogens (tertiary/aromatic N) is 1. The van der Waals surface area contributed by atoms with Gasteiger partial charge in [0, 0.05) is 5.75 Å². The number of hydrogen-bond acceptors (Lipinski definition) is 4. The molecular weight excluding hydrogens is 344 g/mol. The first-order valence-electron chi connectivity index (χ1n) is 6.01. The summed E-state index contributed by atoms with van der Waals surface area (Å²) in [4.78, 5) is 23.4. The van der Waals surface area contributed by atoms with Gasteiger partial charge in [-0.25, -0.2) is 14.1 Å². The van der Waals surface area contributed by atoms with E-state index in [-0.39, 0.29) is 12.8 Å². The van der Waals surface area contributed by atoms with Crippen LogP contribution in [-0.4, -0.2) is 45.9 Å². The van der Waals surface area contributed by atoms with Crippen LogP contribution in [0.15, 0.2) is 12.7 Å². The zero-order valence-electron chi connectivity index (χ0n) is 11.3. The number of thioether (sulfide) groups is 1. The lowest BCUT2D eigenvalue weighted by Crippen LogP contribution is -2.54. The van der Waals surface area contributed by atoms with Crippen LogP contribution in [-0.2, 0) is 9.36 Å². The average molecular weight is 363 g/mol. The molecule has 0 aliphatic carbocycles. The molecule has 0 aromatic heterocycles. The number of unbranched alkanes of at least 4 members (excludes halogenated alkanes) is 1. The van der Waals surface area contributed by atoms with Gasteiger partial charge in [0.25, 0.3) is 0 Å². The van der Waals surface area contributed by atoms with E-state index in [1.807, 2.05) is 6.92 Å². The molecule has 0 aliphatic rings. The van der Waals surface area contributed by atoms with Crippen LogP contribution in [0.3, 0.4) is 0 Å². The Bertz CT molecular complexity index is 415. The molecule has 0 spiro atoms. The number of carbonyl (C=O) groups is 2. The SMILES string of the molecule is C=CCSC(=O)[N+](CCCC)(CC(=O)O)CP(=O)(Cl)Cl. The molecule has 0 radical (unpaired) electrons. The number of carbonyl (C=O) groups excluding carboxylic acids is 1. The summed E-state index contributed by atoms with van der Waals surface area (Å²) in [5.41, 5.74) is 0. The Labute approximate surface area is 132 Å². The van der Waals surface area contributed by atoms with Gasteiger partial charge in [-0.3, -0.25) is 4.57 Å². The van der Waals surface area contributed by atoms with E-state index in [1.165, 1.54) is 0 Å². The summed E-state index contributed by atoms with van der Waals surface area (Å²) in [6, 6.07) is 0. The maximum absolute atomic E-state index is 12.3. The minimum atomic E-state index is -3.58. The molecule has 116 valence electrons. The molecule has 0 saturated heterocycles. The number of halogens is 2. The van der Waals surface area contributed by atoms with Gasteiger partial charge in [0.15, 0.2) is 12.8 Å². The smallest absolute Gasteiger partial charge is 0.376 e. The quantitative estimate of drug-likeness (QED) is 0.375. The molecule has 0 bridgehead atoms. The first-order chi connectivity index (χ1) is 9.17. The third-order valence-electron chi connectivity index (χ3n) is 2.52. The molecule has 0 fully saturated rings. The van der Waals surface area contributed by atoms with Gasteiger partial charge in [-0.15, -0.1) is 6.58 Å². The summed E-state index contributed by atoms with van der Waals surface area (Å²) in [6.07, 6.45) is 2.56. The summed E-state index contributed by atoms with van der Waals surface area (Å²) in [5.74, 6) is -4.39. The number of aliphatic carboxylic acids is 1. The predicted octanol–water partition coefficient (Wildman–Crippen LogP) is 4.36. The Kier molecular flexibility index (Phi) is 9.11. The Morgan fingerprint density at radius 1 is 1.45 bits per heavy atom. The summed E-state index contributed by atoms with van der Waals surface area (Å²) in [5, 5.41) is 8.65. The highest BCUT2D eigenvalue weighted by Crippen LogP contribution is 2.58. The molecule has 5 nitrogen and oxygen atoms in total. The second-order valence-corrected chi connectivity index (χ2v) is 10.5. The van der Waals surface area contributed by atoms with E-state index in [1.54, 1.807) is 6.08 Å². The normalized spacial score (nSPS) is 14.6. The topological polar surface area (TPSA) is 71.4 Å². The molecule has 0 aromatic rings. The van der Waals surface area contributed by atoms with E-state index >= 15 is 0 Å². The summed E-state index contributed by atoms with van der Waals surface area (Å²) < 4.78 is 11.2. The van der Waals surface area contributed by atoms with Crippen LogP contribution >= 0.6 is 40.1 Å². The van der Waals surface area contributed by atoms with Crippen molar-refractivity contribution in [2.24, 2.45) is 0 Å². The van der Waals surface area contributed by atoms with Gasteiger partial charge in [0.1, 0.15) is 0 Å². The van der Waals surface area contributed by atoms with Crippen molar-refractivity contribution in [3.63, 3.8) is 0 Å². The van der Waals surface area contributed by atoms with Crippen LogP contribution in [0.2, 0.25) is 0 Å². The predicted molar refractivity (Wildman–Crippen MR) is 84.8 cm³/mol. The molecular formula is C11H19Cl2NO4PS+. The fraction of sp³-hybridized carbons (Fsp3) is 0.636. The fourth-order valence-corrected chi connectivity index (χ4v) is 4.79. The third kappa shape index (κ3) is 7.70. The zero-order valence-corrected chi connectivity index (χ0v) is 14.5. The molecule has 0 heterocycles. The summed E-state index contributed by atoms with van der Waals surface area (Å²) in [6.45, 7) is 5.19. The molecule has 0 aromatic carbocycles. The van der Waals surface area contributed by atoms with Gasteiger partial charge >= 0.3 is 17.1 Å². The van der Waals surface area contributed by atoms with Crippen molar-refractivity contribution in [3.8, 4) is 0 Å². The summed E-state index contributed by atoms with van der Waals surface area (Å²) >= 11 is 12.1. The Hall–Kier alpha value is -0.000000000000000111. The Balaban J connectivity index is 5.38. The number of carboxylic acids is 1. The molecule has 1 unspecified atom stereocenters. The lowest BCUT2D eigenvalue weighted by molar-refractivity contribution is -0.824. The van der Waals surface area contributed by atoms with Crippen LogP contribution in [0, 0.1) is 0 Å². The lowest BCUT2D eigenvalue weighted by Gasteiger charge is -2.33. The second kappa shape index (κ2) is 9.11. The number of quaternary nitrogens is 1. The van der Waals surface area contributed by atoms with E-state index < -0.39 is 28.1 Å². The highest BCUT2D eigenvalue weighted by molar-refractivity contribution is 8.13. The zero-order chi connectivity index (χ0) is 15.8. The highest BCUT2D eigenvalue weighted by Gasteiger charge is 2.43. The Morgan fingerprint density at radius 2 is 2.05 bits per heavy atom. The maximum atomic E-state index is 12.3. The first kappa shape index (κ1) is 20.0. The van der Waals surface area contributed by atoms with Gasteiger partial charge in [-0.2, -0.15) is 0 Å². The van der Waals surface area contributed by atoms with Crippen LogP contribution < -0.4 is 0 Å². The van der Waals surface area contributed by atoms with Crippen molar-refractivity contribution in [3.05, 3.63) is 12.7 Å². The number of carboxylic acid groups (broad SMARTS) is 1. The van der Waals surface area contributed by atoms with E-state index in [9.17, 15) is 14.2 Å². The van der Waals surface area contributed by atoms with Crippen LogP contribution in [0.5, 0.6) is 0 Å². The first-order valence-corrected chi connectivity index (χ1v) is 10.7. The van der Waals surface area contributed by atoms with Crippen molar-refractivity contribution in [2.45, 2.75) is 19.8 Å². The van der Waals surface area contributed by atoms with Crippen LogP contribution in [0.4, 0.5) is 4.79 Å². The highest BCUT2D eigenvalue weighted by atomic mass is 35.9. The van der Waals surface area contributed by atoms with Crippen molar-refractivity contribution < 1.29 is 23.7 Å². The maximum Gasteiger partial charge on any atom is 0.376 e. The fourth-order valence-electron chi connectivity index (χ4n) is 1.72.